The molecule has 0 aliphatic carbocycles. The molecule has 1 unspecified atom stereocenters. The molecule has 8 heteroatoms. The number of hydrogen-bond acceptors (Lipinski definition) is 6. The number of pyridine rings is 1. The topological polar surface area (TPSA) is 74.4 Å². The summed E-state index contributed by atoms with van der Waals surface area (Å²) >= 11 is 0. The summed E-state index contributed by atoms with van der Waals surface area (Å²) in [5, 5.41) is 4.62. The lowest BCUT2D eigenvalue weighted by atomic mass is 10.1. The maximum absolute atomic E-state index is 13.2. The average molecular weight is 470 g/mol. The molecule has 35 heavy (non-hydrogen) atoms. The number of hydrogen-bond donors (Lipinski definition) is 0. The molecule has 1 atom stereocenters. The van der Waals surface area contributed by atoms with Crippen LogP contribution < -0.4 is 15.3 Å². The van der Waals surface area contributed by atoms with Crippen LogP contribution in [0.5, 0.6) is 11.5 Å². The van der Waals surface area contributed by atoms with Crippen LogP contribution in [0.25, 0.3) is 5.69 Å². The Bertz CT molecular complexity index is 1370. The van der Waals surface area contributed by atoms with E-state index in [1.54, 1.807) is 6.20 Å². The van der Waals surface area contributed by atoms with Crippen molar-refractivity contribution in [1.29, 1.82) is 0 Å². The van der Waals surface area contributed by atoms with Crippen LogP contribution in [-0.4, -0.2) is 45.1 Å². The lowest BCUT2D eigenvalue weighted by Gasteiger charge is -2.39. The van der Waals surface area contributed by atoms with Crippen molar-refractivity contribution < 1.29 is 9.47 Å². The third kappa shape index (κ3) is 4.10. The summed E-state index contributed by atoms with van der Waals surface area (Å²) in [7, 11) is 0. The standard InChI is InChI=1S/C27H27N5O3/c1-2-34-23-17-30(18-23)26-16-22(14-15-28-26)35-21-10-8-20(9-11-21)32-27(33)31-24(12-13-25(31)29-32)19-6-4-3-5-7-19/h3-11,14-16,23-24H,2,12-13,17-18H2,1H3. The van der Waals surface area contributed by atoms with Gasteiger partial charge in [0.15, 0.2) is 0 Å². The van der Waals surface area contributed by atoms with Gasteiger partial charge in [-0.25, -0.2) is 9.78 Å². The van der Waals surface area contributed by atoms with Crippen molar-refractivity contribution in [3.05, 3.63) is 94.8 Å². The molecule has 0 amide bonds. The lowest BCUT2D eigenvalue weighted by molar-refractivity contribution is 0.0427. The van der Waals surface area contributed by atoms with Gasteiger partial charge < -0.3 is 14.4 Å². The van der Waals surface area contributed by atoms with Crippen LogP contribution in [0.15, 0.2) is 77.7 Å². The van der Waals surface area contributed by atoms with Gasteiger partial charge in [0.05, 0.1) is 17.8 Å². The molecule has 6 rings (SSSR count). The van der Waals surface area contributed by atoms with E-state index in [0.29, 0.717) is 17.2 Å². The third-order valence-corrected chi connectivity index (χ3v) is 6.63. The molecule has 4 heterocycles. The van der Waals surface area contributed by atoms with Crippen molar-refractivity contribution in [1.82, 2.24) is 19.3 Å². The van der Waals surface area contributed by atoms with Crippen molar-refractivity contribution in [2.75, 3.05) is 24.6 Å². The minimum atomic E-state index is -0.112. The van der Waals surface area contributed by atoms with E-state index in [1.807, 2.05) is 66.1 Å². The Hall–Kier alpha value is -3.91. The first-order valence-corrected chi connectivity index (χ1v) is 12.1. The van der Waals surface area contributed by atoms with Gasteiger partial charge in [0.1, 0.15) is 23.1 Å². The molecule has 2 aliphatic rings. The van der Waals surface area contributed by atoms with Crippen molar-refractivity contribution in [3.8, 4) is 17.2 Å². The van der Waals surface area contributed by atoms with Crippen molar-refractivity contribution in [2.45, 2.75) is 31.9 Å². The second-order valence-electron chi connectivity index (χ2n) is 8.87. The Morgan fingerprint density at radius 1 is 1.00 bits per heavy atom. The molecule has 0 radical (unpaired) electrons. The highest BCUT2D eigenvalue weighted by Gasteiger charge is 2.29. The molecule has 1 saturated heterocycles. The fourth-order valence-electron chi connectivity index (χ4n) is 4.85. The highest BCUT2D eigenvalue weighted by atomic mass is 16.5. The zero-order valence-electron chi connectivity index (χ0n) is 19.6. The largest absolute Gasteiger partial charge is 0.457 e. The predicted octanol–water partition coefficient (Wildman–Crippen LogP) is 3.98. The summed E-state index contributed by atoms with van der Waals surface area (Å²) in [6.45, 7) is 4.42. The SMILES string of the molecule is CCOC1CN(c2cc(Oc3ccc(-n4nc5n(c4=O)C(c4ccccc4)CC5)cc3)ccn2)C1. The highest BCUT2D eigenvalue weighted by molar-refractivity contribution is 5.48. The molecule has 0 N–H and O–H groups in total. The fraction of sp³-hybridized carbons (Fsp3) is 0.296. The molecule has 2 aromatic carbocycles. The molecular formula is C27H27N5O3. The molecule has 8 nitrogen and oxygen atoms in total. The van der Waals surface area contributed by atoms with Gasteiger partial charge in [0.25, 0.3) is 0 Å². The van der Waals surface area contributed by atoms with Crippen molar-refractivity contribution >= 4 is 5.82 Å². The molecule has 0 spiro atoms. The number of benzene rings is 2. The molecule has 4 aromatic rings. The molecule has 2 aliphatic heterocycles. The van der Waals surface area contributed by atoms with Crippen molar-refractivity contribution in [2.24, 2.45) is 0 Å². The summed E-state index contributed by atoms with van der Waals surface area (Å²) in [6, 6.07) is 21.4. The van der Waals surface area contributed by atoms with Crippen LogP contribution in [0.4, 0.5) is 5.82 Å². The van der Waals surface area contributed by atoms with Gasteiger partial charge in [-0.05, 0) is 49.2 Å². The number of aromatic nitrogens is 4. The smallest absolute Gasteiger partial charge is 0.351 e. The van der Waals surface area contributed by atoms with Crippen LogP contribution in [0.1, 0.15) is 30.8 Å². The molecule has 178 valence electrons. The Labute approximate surface area is 203 Å². The van der Waals surface area contributed by atoms with E-state index < -0.39 is 0 Å². The van der Waals surface area contributed by atoms with Crippen LogP contribution >= 0.6 is 0 Å². The van der Waals surface area contributed by atoms with Gasteiger partial charge in [-0.15, -0.1) is 5.10 Å². The number of aryl methyl sites for hydroxylation is 1. The van der Waals surface area contributed by atoms with E-state index in [0.717, 1.165) is 49.7 Å². The molecule has 0 bridgehead atoms. The van der Waals surface area contributed by atoms with E-state index in [-0.39, 0.29) is 17.8 Å². The van der Waals surface area contributed by atoms with E-state index in [9.17, 15) is 4.79 Å². The summed E-state index contributed by atoms with van der Waals surface area (Å²) in [5.41, 5.74) is 1.74. The van der Waals surface area contributed by atoms with Crippen LogP contribution in [0.2, 0.25) is 0 Å². The van der Waals surface area contributed by atoms with Gasteiger partial charge in [-0.2, -0.15) is 4.68 Å². The minimum Gasteiger partial charge on any atom is -0.457 e. The van der Waals surface area contributed by atoms with Crippen LogP contribution in [0, 0.1) is 0 Å². The van der Waals surface area contributed by atoms with Gasteiger partial charge in [-0.1, -0.05) is 30.3 Å². The van der Waals surface area contributed by atoms with Gasteiger partial charge in [-0.3, -0.25) is 4.57 Å². The van der Waals surface area contributed by atoms with E-state index in [1.165, 1.54) is 4.68 Å². The molecule has 0 saturated carbocycles. The normalized spacial score (nSPS) is 17.3. The Morgan fingerprint density at radius 3 is 2.57 bits per heavy atom. The fourth-order valence-corrected chi connectivity index (χ4v) is 4.85. The zero-order chi connectivity index (χ0) is 23.8. The first-order valence-electron chi connectivity index (χ1n) is 12.1. The minimum absolute atomic E-state index is 0.0335. The van der Waals surface area contributed by atoms with Crippen molar-refractivity contribution in [3.63, 3.8) is 0 Å². The van der Waals surface area contributed by atoms with Crippen LogP contribution in [0.3, 0.4) is 0 Å². The second kappa shape index (κ2) is 9.03. The van der Waals surface area contributed by atoms with Gasteiger partial charge in [0.2, 0.25) is 0 Å². The first-order chi connectivity index (χ1) is 17.2. The summed E-state index contributed by atoms with van der Waals surface area (Å²) in [5.74, 6) is 3.10. The number of rotatable bonds is 7. The third-order valence-electron chi connectivity index (χ3n) is 6.63. The summed E-state index contributed by atoms with van der Waals surface area (Å²) < 4.78 is 15.0. The Morgan fingerprint density at radius 2 is 1.80 bits per heavy atom. The average Bonchev–Trinajstić information content (AvgIpc) is 3.43. The van der Waals surface area contributed by atoms with Gasteiger partial charge >= 0.3 is 5.69 Å². The maximum Gasteiger partial charge on any atom is 0.351 e. The molecule has 1 fully saturated rings. The quantitative estimate of drug-likeness (QED) is 0.408. The highest BCUT2D eigenvalue weighted by Crippen LogP contribution is 2.30. The van der Waals surface area contributed by atoms with Crippen LogP contribution in [-0.2, 0) is 11.2 Å². The summed E-state index contributed by atoms with van der Waals surface area (Å²) in [6.07, 6.45) is 3.71. The summed E-state index contributed by atoms with van der Waals surface area (Å²) in [4.78, 5) is 19.9. The van der Waals surface area contributed by atoms with E-state index in [2.05, 4.69) is 27.1 Å². The van der Waals surface area contributed by atoms with E-state index in [4.69, 9.17) is 9.47 Å². The molecule has 2 aromatic heterocycles. The molecular weight excluding hydrogens is 442 g/mol. The zero-order valence-corrected chi connectivity index (χ0v) is 19.6. The number of anilines is 1. The Kier molecular flexibility index (Phi) is 5.58. The predicted molar refractivity (Wildman–Crippen MR) is 133 cm³/mol. The number of fused-ring (bicyclic) bond motifs is 1. The van der Waals surface area contributed by atoms with Gasteiger partial charge in [0, 0.05) is 38.4 Å². The number of nitrogens with zero attached hydrogens (tertiary/aromatic N) is 5. The monoisotopic (exact) mass is 469 g/mol. The lowest BCUT2D eigenvalue weighted by Crippen LogP contribution is -2.52. The maximum atomic E-state index is 13.2. The second-order valence-corrected chi connectivity index (χ2v) is 8.87. The first kappa shape index (κ1) is 21.6. The Balaban J connectivity index is 1.18. The van der Waals surface area contributed by atoms with E-state index >= 15 is 0 Å². The number of ether oxygens (including phenoxy) is 2.